The molecule has 0 saturated carbocycles. The summed E-state index contributed by atoms with van der Waals surface area (Å²) in [6, 6.07) is 23.8. The van der Waals surface area contributed by atoms with Gasteiger partial charge in [-0.15, -0.1) is 0 Å². The van der Waals surface area contributed by atoms with Gasteiger partial charge in [0, 0.05) is 35.6 Å². The molecule has 0 atom stereocenters. The van der Waals surface area contributed by atoms with Gasteiger partial charge in [-0.05, 0) is 61.4 Å². The maximum absolute atomic E-state index is 12.3. The van der Waals surface area contributed by atoms with Crippen molar-refractivity contribution < 1.29 is 14.4 Å². The molecule has 3 aromatic rings. The fraction of sp³-hybridized carbons (Fsp3) is 0.192. The van der Waals surface area contributed by atoms with Crippen LogP contribution < -0.4 is 21.3 Å². The van der Waals surface area contributed by atoms with E-state index in [2.05, 4.69) is 21.3 Å². The zero-order valence-corrected chi connectivity index (χ0v) is 18.6. The second kappa shape index (κ2) is 12.0. The molecule has 0 unspecified atom stereocenters. The number of benzene rings is 3. The third kappa shape index (κ3) is 7.81. The van der Waals surface area contributed by atoms with Crippen LogP contribution in [-0.2, 0) is 16.0 Å². The molecule has 0 aliphatic carbocycles. The minimum Gasteiger partial charge on any atom is -0.376 e. The zero-order valence-electron chi connectivity index (χ0n) is 18.6. The quantitative estimate of drug-likeness (QED) is 0.379. The summed E-state index contributed by atoms with van der Waals surface area (Å²) >= 11 is 0. The standard InChI is InChI=1S/C26H28N4O3/c1-2-27-26(33)20-12-14-21(15-13-20)29-25(32)18-28-22-9-6-10-23(17-22)30-24(31)16-11-19-7-4-3-5-8-19/h3-10,12-15,17,28H,2,11,16,18H2,1H3,(H,27,33)(H,29,32)(H,30,31). The fourth-order valence-electron chi connectivity index (χ4n) is 3.19. The topological polar surface area (TPSA) is 99.3 Å². The maximum Gasteiger partial charge on any atom is 0.251 e. The summed E-state index contributed by atoms with van der Waals surface area (Å²) in [5, 5.41) is 11.5. The third-order valence-corrected chi connectivity index (χ3v) is 4.85. The van der Waals surface area contributed by atoms with E-state index in [1.165, 1.54) is 0 Å². The maximum atomic E-state index is 12.3. The summed E-state index contributed by atoms with van der Waals surface area (Å²) in [7, 11) is 0. The molecule has 4 N–H and O–H groups in total. The van der Waals surface area contributed by atoms with Gasteiger partial charge in [0.05, 0.1) is 6.54 Å². The van der Waals surface area contributed by atoms with Gasteiger partial charge in [0.15, 0.2) is 0 Å². The van der Waals surface area contributed by atoms with Gasteiger partial charge < -0.3 is 21.3 Å². The van der Waals surface area contributed by atoms with E-state index in [-0.39, 0.29) is 24.3 Å². The average Bonchev–Trinajstić information content (AvgIpc) is 2.83. The molecule has 0 aromatic heterocycles. The monoisotopic (exact) mass is 444 g/mol. The highest BCUT2D eigenvalue weighted by atomic mass is 16.2. The van der Waals surface area contributed by atoms with E-state index in [1.54, 1.807) is 30.3 Å². The molecule has 0 heterocycles. The first kappa shape index (κ1) is 23.5. The van der Waals surface area contributed by atoms with Gasteiger partial charge in [-0.25, -0.2) is 0 Å². The molecule has 0 aliphatic rings. The minimum atomic E-state index is -0.224. The molecule has 0 spiro atoms. The molecule has 0 aliphatic heterocycles. The molecule has 3 rings (SSSR count). The van der Waals surface area contributed by atoms with Crippen LogP contribution in [-0.4, -0.2) is 30.8 Å². The second-order valence-corrected chi connectivity index (χ2v) is 7.45. The molecule has 0 saturated heterocycles. The molecule has 3 amide bonds. The molecular formula is C26H28N4O3. The minimum absolute atomic E-state index is 0.0590. The number of carbonyl (C=O) groups is 3. The van der Waals surface area contributed by atoms with E-state index in [0.717, 1.165) is 11.3 Å². The highest BCUT2D eigenvalue weighted by molar-refractivity contribution is 5.97. The van der Waals surface area contributed by atoms with Gasteiger partial charge in [0.25, 0.3) is 5.91 Å². The molecule has 7 heteroatoms. The Kier molecular flexibility index (Phi) is 8.59. The zero-order chi connectivity index (χ0) is 23.5. The van der Waals surface area contributed by atoms with Gasteiger partial charge in [-0.1, -0.05) is 36.4 Å². The van der Waals surface area contributed by atoms with Crippen molar-refractivity contribution in [3.8, 4) is 0 Å². The number of hydrogen-bond acceptors (Lipinski definition) is 4. The van der Waals surface area contributed by atoms with Crippen molar-refractivity contribution in [1.82, 2.24) is 5.32 Å². The first-order valence-electron chi connectivity index (χ1n) is 10.9. The number of nitrogens with one attached hydrogen (secondary N) is 4. The van der Waals surface area contributed by atoms with Crippen molar-refractivity contribution in [3.05, 3.63) is 90.0 Å². The van der Waals surface area contributed by atoms with Crippen molar-refractivity contribution >= 4 is 34.8 Å². The third-order valence-electron chi connectivity index (χ3n) is 4.85. The number of anilines is 3. The predicted molar refractivity (Wildman–Crippen MR) is 131 cm³/mol. The van der Waals surface area contributed by atoms with E-state index >= 15 is 0 Å². The summed E-state index contributed by atoms with van der Waals surface area (Å²) in [6.07, 6.45) is 1.07. The lowest BCUT2D eigenvalue weighted by Gasteiger charge is -2.11. The Morgan fingerprint density at radius 1 is 0.727 bits per heavy atom. The lowest BCUT2D eigenvalue weighted by atomic mass is 10.1. The van der Waals surface area contributed by atoms with Crippen molar-refractivity contribution in [2.45, 2.75) is 19.8 Å². The summed E-state index contributed by atoms with van der Waals surface area (Å²) in [5.74, 6) is -0.438. The van der Waals surface area contributed by atoms with E-state index in [1.807, 2.05) is 55.5 Å². The molecule has 0 radical (unpaired) electrons. The molecule has 3 aromatic carbocycles. The van der Waals surface area contributed by atoms with E-state index in [4.69, 9.17) is 0 Å². The van der Waals surface area contributed by atoms with Crippen molar-refractivity contribution in [2.75, 3.05) is 29.0 Å². The van der Waals surface area contributed by atoms with Gasteiger partial charge in [0.2, 0.25) is 11.8 Å². The lowest BCUT2D eigenvalue weighted by molar-refractivity contribution is -0.116. The van der Waals surface area contributed by atoms with Gasteiger partial charge in [0.1, 0.15) is 0 Å². The van der Waals surface area contributed by atoms with Crippen LogP contribution in [0.2, 0.25) is 0 Å². The molecule has 7 nitrogen and oxygen atoms in total. The van der Waals surface area contributed by atoms with E-state index < -0.39 is 0 Å². The van der Waals surface area contributed by atoms with Crippen molar-refractivity contribution in [2.24, 2.45) is 0 Å². The predicted octanol–water partition coefficient (Wildman–Crippen LogP) is 4.06. The normalized spacial score (nSPS) is 10.2. The molecule has 0 bridgehead atoms. The summed E-state index contributed by atoms with van der Waals surface area (Å²) in [4.78, 5) is 36.3. The molecule has 170 valence electrons. The van der Waals surface area contributed by atoms with Crippen LogP contribution in [0, 0.1) is 0 Å². The first-order chi connectivity index (χ1) is 16.0. The smallest absolute Gasteiger partial charge is 0.251 e. The van der Waals surface area contributed by atoms with Crippen LogP contribution in [0.4, 0.5) is 17.1 Å². The van der Waals surface area contributed by atoms with Gasteiger partial charge in [-0.2, -0.15) is 0 Å². The van der Waals surface area contributed by atoms with Gasteiger partial charge >= 0.3 is 0 Å². The number of amides is 3. The second-order valence-electron chi connectivity index (χ2n) is 7.45. The first-order valence-corrected chi connectivity index (χ1v) is 10.9. The Morgan fingerprint density at radius 2 is 1.42 bits per heavy atom. The number of aryl methyl sites for hydroxylation is 1. The Labute approximate surface area is 193 Å². The highest BCUT2D eigenvalue weighted by Crippen LogP contribution is 2.16. The van der Waals surface area contributed by atoms with Crippen LogP contribution in [0.15, 0.2) is 78.9 Å². The lowest BCUT2D eigenvalue weighted by Crippen LogP contribution is -2.23. The number of hydrogen-bond donors (Lipinski definition) is 4. The van der Waals surface area contributed by atoms with Gasteiger partial charge in [-0.3, -0.25) is 14.4 Å². The van der Waals surface area contributed by atoms with Crippen LogP contribution in [0.5, 0.6) is 0 Å². The van der Waals surface area contributed by atoms with E-state index in [9.17, 15) is 14.4 Å². The van der Waals surface area contributed by atoms with E-state index in [0.29, 0.717) is 36.3 Å². The largest absolute Gasteiger partial charge is 0.376 e. The Balaban J connectivity index is 1.45. The Bertz CT molecular complexity index is 1080. The molecule has 0 fully saturated rings. The van der Waals surface area contributed by atoms with Crippen LogP contribution in [0.3, 0.4) is 0 Å². The Hall–Kier alpha value is -4.13. The van der Waals surface area contributed by atoms with Crippen molar-refractivity contribution in [3.63, 3.8) is 0 Å². The summed E-state index contributed by atoms with van der Waals surface area (Å²) in [5.41, 5.74) is 3.65. The molecule has 33 heavy (non-hydrogen) atoms. The summed E-state index contributed by atoms with van der Waals surface area (Å²) in [6.45, 7) is 2.47. The number of rotatable bonds is 10. The Morgan fingerprint density at radius 3 is 2.15 bits per heavy atom. The fourth-order valence-corrected chi connectivity index (χ4v) is 3.19. The SMILES string of the molecule is CCNC(=O)c1ccc(NC(=O)CNc2cccc(NC(=O)CCc3ccccc3)c2)cc1. The highest BCUT2D eigenvalue weighted by Gasteiger charge is 2.07. The average molecular weight is 445 g/mol. The summed E-state index contributed by atoms with van der Waals surface area (Å²) < 4.78 is 0. The number of carbonyl (C=O) groups excluding carboxylic acids is 3. The molecular weight excluding hydrogens is 416 g/mol. The van der Waals surface area contributed by atoms with Crippen LogP contribution >= 0.6 is 0 Å². The van der Waals surface area contributed by atoms with Crippen molar-refractivity contribution in [1.29, 1.82) is 0 Å². The van der Waals surface area contributed by atoms with Crippen LogP contribution in [0.25, 0.3) is 0 Å². The van der Waals surface area contributed by atoms with Crippen LogP contribution in [0.1, 0.15) is 29.3 Å².